The Hall–Kier alpha value is -6.90. The van der Waals surface area contributed by atoms with Crippen LogP contribution in [0, 0.1) is 0 Å². The molecule has 0 unspecified atom stereocenters. The molecule has 2 heteroatoms. The lowest BCUT2D eigenvalue weighted by Crippen LogP contribution is -2.16. The van der Waals surface area contributed by atoms with E-state index in [1.165, 1.54) is 33.4 Å². The lowest BCUT2D eigenvalue weighted by Gasteiger charge is -2.28. The van der Waals surface area contributed by atoms with E-state index in [0.29, 0.717) is 0 Å². The number of fused-ring (bicyclic) bond motifs is 3. The highest BCUT2D eigenvalue weighted by Gasteiger charge is 2.35. The summed E-state index contributed by atoms with van der Waals surface area (Å²) in [5, 5.41) is 0. The van der Waals surface area contributed by atoms with Gasteiger partial charge in [0.15, 0.2) is 0 Å². The van der Waals surface area contributed by atoms with Crippen LogP contribution in [-0.4, -0.2) is 0 Å². The molecule has 55 heavy (non-hydrogen) atoms. The molecule has 9 rings (SSSR count). The summed E-state index contributed by atoms with van der Waals surface area (Å²) in [6, 6.07) is 74.0. The van der Waals surface area contributed by atoms with Crippen molar-refractivity contribution in [1.82, 2.24) is 0 Å². The van der Waals surface area contributed by atoms with Crippen LogP contribution in [0.15, 0.2) is 206 Å². The Morgan fingerprint density at radius 3 is 1.25 bits per heavy atom. The Morgan fingerprint density at radius 2 is 0.709 bits per heavy atom. The molecule has 0 aliphatic heterocycles. The summed E-state index contributed by atoms with van der Waals surface area (Å²) in [6.45, 7) is 4.69. The SMILES string of the molecule is CC1(C)c2ccccc2-c2ccc(N(c3ccc(/C=C/c4ccc(N(c5ccccc5)c5ccccc5)cc4)cc3)c3ccc(-c4ccccc4)cc3)cc21. The van der Waals surface area contributed by atoms with Gasteiger partial charge >= 0.3 is 0 Å². The molecule has 0 bridgehead atoms. The molecule has 8 aromatic carbocycles. The van der Waals surface area contributed by atoms with Gasteiger partial charge in [-0.3, -0.25) is 0 Å². The average Bonchev–Trinajstić information content (AvgIpc) is 3.48. The number of hydrogen-bond donors (Lipinski definition) is 0. The zero-order valence-electron chi connectivity index (χ0n) is 31.2. The summed E-state index contributed by atoms with van der Waals surface area (Å²) < 4.78 is 0. The van der Waals surface area contributed by atoms with E-state index in [2.05, 4.69) is 242 Å². The summed E-state index contributed by atoms with van der Waals surface area (Å²) in [7, 11) is 0. The van der Waals surface area contributed by atoms with Crippen LogP contribution in [0.2, 0.25) is 0 Å². The maximum Gasteiger partial charge on any atom is 0.0465 e. The number of hydrogen-bond acceptors (Lipinski definition) is 2. The first-order valence-electron chi connectivity index (χ1n) is 19.0. The van der Waals surface area contributed by atoms with Crippen molar-refractivity contribution >= 4 is 46.3 Å². The molecule has 2 nitrogen and oxygen atoms in total. The van der Waals surface area contributed by atoms with Crippen LogP contribution in [0.3, 0.4) is 0 Å². The Bertz CT molecular complexity index is 2530. The molecule has 0 N–H and O–H groups in total. The first-order valence-corrected chi connectivity index (χ1v) is 19.0. The average molecular weight is 707 g/mol. The van der Waals surface area contributed by atoms with E-state index in [0.717, 1.165) is 45.3 Å². The maximum atomic E-state index is 2.40. The first kappa shape index (κ1) is 33.9. The number of benzene rings is 8. The number of nitrogens with zero attached hydrogens (tertiary/aromatic N) is 2. The van der Waals surface area contributed by atoms with E-state index >= 15 is 0 Å². The van der Waals surface area contributed by atoms with Gasteiger partial charge in [-0.15, -0.1) is 0 Å². The van der Waals surface area contributed by atoms with Crippen LogP contribution < -0.4 is 9.80 Å². The van der Waals surface area contributed by atoms with E-state index in [4.69, 9.17) is 0 Å². The molecule has 1 aliphatic rings. The van der Waals surface area contributed by atoms with Crippen LogP contribution in [0.4, 0.5) is 34.1 Å². The second-order valence-corrected chi connectivity index (χ2v) is 14.7. The topological polar surface area (TPSA) is 6.48 Å². The van der Waals surface area contributed by atoms with Gasteiger partial charge < -0.3 is 9.80 Å². The predicted molar refractivity (Wildman–Crippen MR) is 234 cm³/mol. The van der Waals surface area contributed by atoms with Gasteiger partial charge in [0.05, 0.1) is 0 Å². The summed E-state index contributed by atoms with van der Waals surface area (Å²) in [5.74, 6) is 0. The third kappa shape index (κ3) is 6.64. The summed E-state index contributed by atoms with van der Waals surface area (Å²) in [6.07, 6.45) is 4.38. The Balaban J connectivity index is 1.02. The third-order valence-electron chi connectivity index (χ3n) is 10.9. The number of anilines is 6. The van der Waals surface area contributed by atoms with E-state index < -0.39 is 0 Å². The minimum Gasteiger partial charge on any atom is -0.311 e. The van der Waals surface area contributed by atoms with Crippen LogP contribution in [0.1, 0.15) is 36.1 Å². The second-order valence-electron chi connectivity index (χ2n) is 14.7. The largest absolute Gasteiger partial charge is 0.311 e. The lowest BCUT2D eigenvalue weighted by molar-refractivity contribution is 0.660. The smallest absolute Gasteiger partial charge is 0.0465 e. The van der Waals surface area contributed by atoms with Crippen molar-refractivity contribution in [3.63, 3.8) is 0 Å². The number of para-hydroxylation sites is 2. The molecule has 0 atom stereocenters. The lowest BCUT2D eigenvalue weighted by atomic mass is 9.82. The van der Waals surface area contributed by atoms with Gasteiger partial charge in [0, 0.05) is 39.5 Å². The summed E-state index contributed by atoms with van der Waals surface area (Å²) in [4.78, 5) is 4.67. The molecule has 0 aromatic heterocycles. The standard InChI is InChI=1S/C53H42N2/c1-53(2)51-21-13-12-20-49(51)50-37-36-48(38-52(50)53)55(47-34-28-42(29-35-47)41-14-6-3-7-15-41)46-32-26-40(27-33-46)23-22-39-24-30-45(31-25-39)54(43-16-8-4-9-17-43)44-18-10-5-11-19-44/h3-38H,1-2H3/b23-22+. The molecule has 8 aromatic rings. The van der Waals surface area contributed by atoms with Crippen molar-refractivity contribution in [2.75, 3.05) is 9.80 Å². The molecule has 0 saturated carbocycles. The second kappa shape index (κ2) is 14.5. The van der Waals surface area contributed by atoms with Gasteiger partial charge in [-0.1, -0.05) is 159 Å². The van der Waals surface area contributed by atoms with Crippen molar-refractivity contribution < 1.29 is 0 Å². The Morgan fingerprint density at radius 1 is 0.327 bits per heavy atom. The molecule has 264 valence electrons. The molecule has 1 aliphatic carbocycles. The predicted octanol–water partition coefficient (Wildman–Crippen LogP) is 14.8. The minimum atomic E-state index is -0.0843. The fourth-order valence-corrected chi connectivity index (χ4v) is 7.97. The van der Waals surface area contributed by atoms with E-state index in [1.54, 1.807) is 0 Å². The minimum absolute atomic E-state index is 0.0843. The molecular formula is C53H42N2. The van der Waals surface area contributed by atoms with Crippen molar-refractivity contribution in [2.45, 2.75) is 19.3 Å². The Labute approximate surface area is 324 Å². The van der Waals surface area contributed by atoms with Crippen molar-refractivity contribution in [1.29, 1.82) is 0 Å². The quantitative estimate of drug-likeness (QED) is 0.138. The number of rotatable bonds is 9. The van der Waals surface area contributed by atoms with Crippen LogP contribution in [0.25, 0.3) is 34.4 Å². The van der Waals surface area contributed by atoms with Crippen molar-refractivity contribution in [3.05, 3.63) is 229 Å². The molecule has 0 radical (unpaired) electrons. The fraction of sp³-hybridized carbons (Fsp3) is 0.0566. The van der Waals surface area contributed by atoms with Gasteiger partial charge in [-0.2, -0.15) is 0 Å². The highest BCUT2D eigenvalue weighted by molar-refractivity contribution is 5.86. The van der Waals surface area contributed by atoms with Crippen LogP contribution in [-0.2, 0) is 5.41 Å². The Kier molecular flexibility index (Phi) is 8.94. The molecule has 0 fully saturated rings. The van der Waals surface area contributed by atoms with Crippen LogP contribution in [0.5, 0.6) is 0 Å². The summed E-state index contributed by atoms with van der Waals surface area (Å²) in [5.41, 5.74) is 16.8. The fourth-order valence-electron chi connectivity index (χ4n) is 7.97. The van der Waals surface area contributed by atoms with Gasteiger partial charge in [0.1, 0.15) is 0 Å². The van der Waals surface area contributed by atoms with E-state index in [-0.39, 0.29) is 5.41 Å². The molecule has 0 spiro atoms. The van der Waals surface area contributed by atoms with Crippen molar-refractivity contribution in [3.8, 4) is 22.3 Å². The van der Waals surface area contributed by atoms with Gasteiger partial charge in [0.2, 0.25) is 0 Å². The van der Waals surface area contributed by atoms with E-state index in [1.807, 2.05) is 0 Å². The van der Waals surface area contributed by atoms with Gasteiger partial charge in [-0.25, -0.2) is 0 Å². The molecule has 0 saturated heterocycles. The molecule has 0 heterocycles. The van der Waals surface area contributed by atoms with E-state index in [9.17, 15) is 0 Å². The molecule has 0 amide bonds. The molecular weight excluding hydrogens is 665 g/mol. The van der Waals surface area contributed by atoms with Gasteiger partial charge in [-0.05, 0) is 117 Å². The summed E-state index contributed by atoms with van der Waals surface area (Å²) >= 11 is 0. The monoisotopic (exact) mass is 706 g/mol. The maximum absolute atomic E-state index is 2.40. The van der Waals surface area contributed by atoms with Crippen molar-refractivity contribution in [2.24, 2.45) is 0 Å². The van der Waals surface area contributed by atoms with Crippen LogP contribution >= 0.6 is 0 Å². The zero-order chi connectivity index (χ0) is 37.2. The third-order valence-corrected chi connectivity index (χ3v) is 10.9. The highest BCUT2D eigenvalue weighted by atomic mass is 15.1. The first-order chi connectivity index (χ1) is 27.0. The van der Waals surface area contributed by atoms with Gasteiger partial charge in [0.25, 0.3) is 0 Å². The zero-order valence-corrected chi connectivity index (χ0v) is 31.2. The highest BCUT2D eigenvalue weighted by Crippen LogP contribution is 2.50. The normalized spacial score (nSPS) is 12.6.